The van der Waals surface area contributed by atoms with Gasteiger partial charge in [-0.25, -0.2) is 0 Å². The van der Waals surface area contributed by atoms with Crippen molar-refractivity contribution >= 4 is 5.78 Å². The minimum Gasteiger partial charge on any atom is -0.392 e. The summed E-state index contributed by atoms with van der Waals surface area (Å²) in [5.41, 5.74) is 8.01. The van der Waals surface area contributed by atoms with Crippen molar-refractivity contribution < 1.29 is 52.5 Å². The molecule has 12 heteroatoms. The maximum atomic E-state index is 14.1. The van der Waals surface area contributed by atoms with Gasteiger partial charge in [0.1, 0.15) is 36.3 Å². The predicted octanol–water partition coefficient (Wildman–Crippen LogP) is 3.44. The van der Waals surface area contributed by atoms with Crippen molar-refractivity contribution in [1.82, 2.24) is 0 Å². The van der Waals surface area contributed by atoms with E-state index in [2.05, 4.69) is 20.1 Å². The Morgan fingerprint density at radius 1 is 0.808 bits per heavy atom. The zero-order chi connectivity index (χ0) is 35.9. The van der Waals surface area contributed by atoms with Gasteiger partial charge in [0.2, 0.25) is 0 Å². The van der Waals surface area contributed by atoms with Gasteiger partial charge in [-0.1, -0.05) is 20.1 Å². The Bertz CT molecular complexity index is 1380. The van der Waals surface area contributed by atoms with Crippen LogP contribution in [0.3, 0.4) is 0 Å². The number of ether oxygens (including phenoxy) is 9. The summed E-state index contributed by atoms with van der Waals surface area (Å²) in [7, 11) is 1.66. The number of fused-ring (bicyclic) bond motifs is 6. The summed E-state index contributed by atoms with van der Waals surface area (Å²) < 4.78 is 60.0. The van der Waals surface area contributed by atoms with E-state index in [1.54, 1.807) is 7.11 Å². The number of Topliss-reactive ketones (excluding diaryl/α,β-unsaturated/α-hetero) is 1. The number of hydrogen-bond acceptors (Lipinski definition) is 12. The molecule has 10 saturated heterocycles. The lowest BCUT2D eigenvalue weighted by Gasteiger charge is -2.47. The molecule has 0 unspecified atom stereocenters. The second kappa shape index (κ2) is 14.3. The van der Waals surface area contributed by atoms with E-state index < -0.39 is 18.0 Å². The standard InChI is InChI=1S/C40H59NO11/c1-19-11-24-5-7-28-20(2)12-26(45-28)9-10-40-17-33-36(51-40)37-38(50-33)39(52-40)35-29(49-37)8-6-25(47-35)13-22(42)14-27-31(16-30(46-24)21(19)3)48-32(34(27)44-4)15-23(43)18-41/h19,23-39,43H,2-3,5-18,41H2,1,4H3/t19-,23+,24+,25-,26+,27+,28+,29-,30-,31+,32-,33-,34-,35+,36+,37+,38-,39+,40+/m1/s1. The van der Waals surface area contributed by atoms with Crippen LogP contribution in [0, 0.1) is 11.8 Å². The molecule has 290 valence electrons. The highest BCUT2D eigenvalue weighted by molar-refractivity contribution is 5.79. The Labute approximate surface area is 307 Å². The molecule has 10 fully saturated rings. The molecule has 0 saturated carbocycles. The number of methoxy groups -OCH3 is 1. The molecular formula is C40H59NO11. The highest BCUT2D eigenvalue weighted by atomic mass is 16.8. The van der Waals surface area contributed by atoms with Crippen LogP contribution in [0.2, 0.25) is 0 Å². The molecule has 0 aromatic rings. The normalized spacial score (nSPS) is 52.4. The van der Waals surface area contributed by atoms with Crippen LogP contribution < -0.4 is 5.73 Å². The molecule has 0 aromatic heterocycles. The van der Waals surface area contributed by atoms with Crippen LogP contribution in [0.15, 0.2) is 24.3 Å². The number of ketones is 1. The van der Waals surface area contributed by atoms with Gasteiger partial charge in [-0.05, 0) is 62.0 Å². The van der Waals surface area contributed by atoms with Crippen molar-refractivity contribution in [3.8, 4) is 0 Å². The quantitative estimate of drug-likeness (QED) is 0.409. The van der Waals surface area contributed by atoms with Crippen molar-refractivity contribution in [2.45, 2.75) is 194 Å². The van der Waals surface area contributed by atoms with Crippen LogP contribution in [0.4, 0.5) is 0 Å². The molecule has 12 bridgehead atoms. The summed E-state index contributed by atoms with van der Waals surface area (Å²) in [5.74, 6) is -0.619. The van der Waals surface area contributed by atoms with Gasteiger partial charge in [0.15, 0.2) is 5.79 Å². The molecule has 52 heavy (non-hydrogen) atoms. The number of nitrogens with two attached hydrogens (primary N) is 1. The molecule has 1 spiro atoms. The molecule has 0 aromatic carbocycles. The number of aliphatic hydroxyl groups is 1. The lowest BCUT2D eigenvalue weighted by atomic mass is 9.81. The third kappa shape index (κ3) is 6.59. The van der Waals surface area contributed by atoms with E-state index >= 15 is 0 Å². The van der Waals surface area contributed by atoms with Crippen LogP contribution in [0.5, 0.6) is 0 Å². The molecule has 10 rings (SSSR count). The molecule has 12 nitrogen and oxygen atoms in total. The summed E-state index contributed by atoms with van der Waals surface area (Å²) in [6, 6.07) is 0. The first-order chi connectivity index (χ1) is 25.1. The molecule has 19 atom stereocenters. The Morgan fingerprint density at radius 3 is 2.38 bits per heavy atom. The van der Waals surface area contributed by atoms with Crippen LogP contribution in [-0.4, -0.2) is 128 Å². The van der Waals surface area contributed by atoms with Gasteiger partial charge in [-0.2, -0.15) is 0 Å². The monoisotopic (exact) mass is 729 g/mol. The van der Waals surface area contributed by atoms with Gasteiger partial charge < -0.3 is 53.5 Å². The minimum atomic E-state index is -0.780. The number of hydrogen-bond donors (Lipinski definition) is 2. The van der Waals surface area contributed by atoms with Crippen LogP contribution >= 0.6 is 0 Å². The lowest BCUT2D eigenvalue weighted by Crippen LogP contribution is -2.61. The molecule has 3 N–H and O–H groups in total. The van der Waals surface area contributed by atoms with Crippen LogP contribution in [0.25, 0.3) is 0 Å². The van der Waals surface area contributed by atoms with Gasteiger partial charge in [-0.3, -0.25) is 4.79 Å². The molecule has 0 aliphatic carbocycles. The fourth-order valence-corrected chi connectivity index (χ4v) is 11.3. The summed E-state index contributed by atoms with van der Waals surface area (Å²) >= 11 is 0. The maximum absolute atomic E-state index is 14.1. The Kier molecular flexibility index (Phi) is 10.0. The molecule has 10 aliphatic rings. The fourth-order valence-electron chi connectivity index (χ4n) is 11.3. The average Bonchev–Trinajstić information content (AvgIpc) is 3.79. The summed E-state index contributed by atoms with van der Waals surface area (Å²) in [5, 5.41) is 10.5. The highest BCUT2D eigenvalue weighted by Crippen LogP contribution is 2.54. The fraction of sp³-hybridized carbons (Fsp3) is 0.875. The van der Waals surface area contributed by atoms with Crippen LogP contribution in [-0.2, 0) is 47.4 Å². The van der Waals surface area contributed by atoms with Gasteiger partial charge in [0.25, 0.3) is 0 Å². The topological polar surface area (TPSA) is 146 Å². The van der Waals surface area contributed by atoms with E-state index in [0.717, 1.165) is 56.1 Å². The van der Waals surface area contributed by atoms with Gasteiger partial charge >= 0.3 is 0 Å². The van der Waals surface area contributed by atoms with E-state index in [0.29, 0.717) is 25.7 Å². The highest BCUT2D eigenvalue weighted by Gasteiger charge is 2.68. The molecular weight excluding hydrogens is 670 g/mol. The summed E-state index contributed by atoms with van der Waals surface area (Å²) in [4.78, 5) is 14.1. The predicted molar refractivity (Wildman–Crippen MR) is 186 cm³/mol. The third-order valence-electron chi connectivity index (χ3n) is 14.0. The third-order valence-corrected chi connectivity index (χ3v) is 14.0. The zero-order valence-corrected chi connectivity index (χ0v) is 30.8. The van der Waals surface area contributed by atoms with Gasteiger partial charge in [-0.15, -0.1) is 0 Å². The van der Waals surface area contributed by atoms with Crippen molar-refractivity contribution in [1.29, 1.82) is 0 Å². The molecule has 10 heterocycles. The first kappa shape index (κ1) is 36.4. The Hall–Kier alpha value is -1.29. The summed E-state index contributed by atoms with van der Waals surface area (Å²) in [6.07, 6.45) is 4.85. The second-order valence-electron chi connectivity index (χ2n) is 17.4. The molecule has 10 aliphatic heterocycles. The second-order valence-corrected chi connectivity index (χ2v) is 17.4. The first-order valence-corrected chi connectivity index (χ1v) is 20.2. The van der Waals surface area contributed by atoms with E-state index in [1.165, 1.54) is 0 Å². The van der Waals surface area contributed by atoms with Crippen molar-refractivity contribution in [2.75, 3.05) is 13.7 Å². The van der Waals surface area contributed by atoms with E-state index in [-0.39, 0.29) is 122 Å². The van der Waals surface area contributed by atoms with Gasteiger partial charge in [0.05, 0.1) is 67.1 Å². The van der Waals surface area contributed by atoms with Crippen molar-refractivity contribution in [2.24, 2.45) is 17.6 Å². The number of aliphatic hydroxyl groups excluding tert-OH is 1. The Morgan fingerprint density at radius 2 is 1.56 bits per heavy atom. The smallest absolute Gasteiger partial charge is 0.172 e. The van der Waals surface area contributed by atoms with Crippen LogP contribution in [0.1, 0.15) is 90.4 Å². The first-order valence-electron chi connectivity index (χ1n) is 20.2. The summed E-state index contributed by atoms with van der Waals surface area (Å²) in [6.45, 7) is 11.3. The minimum absolute atomic E-state index is 0.0158. The number of rotatable bonds is 4. The van der Waals surface area contributed by atoms with Crippen molar-refractivity contribution in [3.05, 3.63) is 24.3 Å². The molecule has 0 radical (unpaired) electrons. The van der Waals surface area contributed by atoms with E-state index in [1.807, 2.05) is 0 Å². The van der Waals surface area contributed by atoms with Gasteiger partial charge in [0, 0.05) is 58.1 Å². The number of carbonyl (C=O) groups is 1. The maximum Gasteiger partial charge on any atom is 0.172 e. The molecule has 0 amide bonds. The van der Waals surface area contributed by atoms with Crippen molar-refractivity contribution in [3.63, 3.8) is 0 Å². The number of carbonyl (C=O) groups excluding carboxylic acids is 1. The largest absolute Gasteiger partial charge is 0.392 e. The lowest BCUT2D eigenvalue weighted by molar-refractivity contribution is -0.292. The van der Waals surface area contributed by atoms with E-state index in [9.17, 15) is 9.90 Å². The average molecular weight is 730 g/mol. The Balaban J connectivity index is 0.994. The SMILES string of the molecule is C=C1C[C@@H]2CC[C@@]34C[C@H]5O[C@@H]6[C@@H](O[C@@H]7CC[C@H](CC(=O)C[C@@H]8[C@@H](OC)[C@@H](C[C@H](O)CN)O[C@H]8C[C@H]8O[C@@H](CC[C@@H]1O2)C[C@@H](C)C8=C)O[C@@H]7[C@@H]6O3)[C@H]5O4. The van der Waals surface area contributed by atoms with E-state index in [4.69, 9.17) is 48.4 Å². The zero-order valence-electron chi connectivity index (χ0n) is 30.8.